The van der Waals surface area contributed by atoms with Gasteiger partial charge in [0.05, 0.1) is 5.69 Å². The standard InChI is InChI=1S/C23H33N7/c1-6-24-23(27-17(2)14-21-18(3)28-29(5)19(21)4)26-15-22-25-12-13-30(22)16-20-10-8-7-9-11-20/h7-13,17H,6,14-16H2,1-5H3,(H2,24,26,27). The Labute approximate surface area is 179 Å². The van der Waals surface area contributed by atoms with Crippen LogP contribution in [0.5, 0.6) is 0 Å². The maximum absolute atomic E-state index is 4.78. The molecule has 0 bridgehead atoms. The molecule has 30 heavy (non-hydrogen) atoms. The highest BCUT2D eigenvalue weighted by atomic mass is 15.3. The van der Waals surface area contributed by atoms with Crippen molar-refractivity contribution in [2.75, 3.05) is 6.54 Å². The summed E-state index contributed by atoms with van der Waals surface area (Å²) in [4.78, 5) is 9.29. The molecule has 3 rings (SSSR count). The van der Waals surface area contributed by atoms with Gasteiger partial charge in [-0.3, -0.25) is 4.68 Å². The van der Waals surface area contributed by atoms with Gasteiger partial charge in [0.15, 0.2) is 5.96 Å². The third-order valence-corrected chi connectivity index (χ3v) is 5.27. The van der Waals surface area contributed by atoms with Crippen molar-refractivity contribution in [1.29, 1.82) is 0 Å². The normalized spacial score (nSPS) is 12.8. The van der Waals surface area contributed by atoms with Gasteiger partial charge in [0, 0.05) is 44.3 Å². The Balaban J connectivity index is 1.65. The number of aliphatic imine (C=N–C) groups is 1. The fourth-order valence-corrected chi connectivity index (χ4v) is 3.59. The molecule has 1 aromatic carbocycles. The molecule has 0 aliphatic rings. The van der Waals surface area contributed by atoms with Gasteiger partial charge in [-0.05, 0) is 45.2 Å². The van der Waals surface area contributed by atoms with Crippen LogP contribution < -0.4 is 10.6 Å². The van der Waals surface area contributed by atoms with E-state index in [0.29, 0.717) is 6.54 Å². The third kappa shape index (κ3) is 5.49. The largest absolute Gasteiger partial charge is 0.357 e. The summed E-state index contributed by atoms with van der Waals surface area (Å²) in [5.41, 5.74) is 4.85. The van der Waals surface area contributed by atoms with E-state index in [4.69, 9.17) is 4.99 Å². The summed E-state index contributed by atoms with van der Waals surface area (Å²) in [6, 6.07) is 10.6. The smallest absolute Gasteiger partial charge is 0.191 e. The lowest BCUT2D eigenvalue weighted by molar-refractivity contribution is 0.633. The lowest BCUT2D eigenvalue weighted by Gasteiger charge is -2.18. The SMILES string of the molecule is CCNC(=NCc1nccn1Cc1ccccc1)NC(C)Cc1c(C)nn(C)c1C. The first-order valence-electron chi connectivity index (χ1n) is 10.6. The van der Waals surface area contributed by atoms with Crippen molar-refractivity contribution in [2.24, 2.45) is 12.0 Å². The fraction of sp³-hybridized carbons (Fsp3) is 0.435. The molecule has 0 aliphatic carbocycles. The second-order valence-corrected chi connectivity index (χ2v) is 7.67. The summed E-state index contributed by atoms with van der Waals surface area (Å²) < 4.78 is 4.09. The maximum atomic E-state index is 4.78. The molecule has 0 aliphatic heterocycles. The first-order valence-corrected chi connectivity index (χ1v) is 10.6. The van der Waals surface area contributed by atoms with Crippen molar-refractivity contribution in [2.45, 2.75) is 53.2 Å². The van der Waals surface area contributed by atoms with E-state index >= 15 is 0 Å². The second-order valence-electron chi connectivity index (χ2n) is 7.67. The van der Waals surface area contributed by atoms with Crippen LogP contribution in [-0.4, -0.2) is 37.9 Å². The van der Waals surface area contributed by atoms with Crippen molar-refractivity contribution in [3.63, 3.8) is 0 Å². The highest BCUT2D eigenvalue weighted by Gasteiger charge is 2.14. The minimum Gasteiger partial charge on any atom is -0.357 e. The van der Waals surface area contributed by atoms with Gasteiger partial charge in [0.25, 0.3) is 0 Å². The van der Waals surface area contributed by atoms with Crippen LogP contribution in [0.1, 0.15) is 42.2 Å². The molecule has 1 unspecified atom stereocenters. The lowest BCUT2D eigenvalue weighted by atomic mass is 10.1. The van der Waals surface area contributed by atoms with Crippen LogP contribution in [0.25, 0.3) is 0 Å². The molecule has 0 saturated carbocycles. The zero-order valence-corrected chi connectivity index (χ0v) is 18.7. The molecule has 0 spiro atoms. The Hall–Kier alpha value is -3.09. The summed E-state index contributed by atoms with van der Waals surface area (Å²) in [7, 11) is 1.99. The molecule has 160 valence electrons. The Morgan fingerprint density at radius 2 is 1.97 bits per heavy atom. The van der Waals surface area contributed by atoms with E-state index in [1.165, 1.54) is 16.8 Å². The van der Waals surface area contributed by atoms with E-state index < -0.39 is 0 Å². The van der Waals surface area contributed by atoms with Crippen LogP contribution in [0.4, 0.5) is 0 Å². The molecule has 0 saturated heterocycles. The average Bonchev–Trinajstić information content (AvgIpc) is 3.26. The van der Waals surface area contributed by atoms with E-state index in [9.17, 15) is 0 Å². The van der Waals surface area contributed by atoms with Crippen LogP contribution in [0, 0.1) is 13.8 Å². The van der Waals surface area contributed by atoms with Gasteiger partial charge < -0.3 is 15.2 Å². The Morgan fingerprint density at radius 3 is 2.63 bits per heavy atom. The zero-order chi connectivity index (χ0) is 21.5. The minimum atomic E-state index is 0.230. The van der Waals surface area contributed by atoms with Gasteiger partial charge in [-0.15, -0.1) is 0 Å². The van der Waals surface area contributed by atoms with Gasteiger partial charge in [-0.1, -0.05) is 30.3 Å². The van der Waals surface area contributed by atoms with Gasteiger partial charge in [0.2, 0.25) is 0 Å². The minimum absolute atomic E-state index is 0.230. The van der Waals surface area contributed by atoms with Gasteiger partial charge in [-0.25, -0.2) is 9.98 Å². The van der Waals surface area contributed by atoms with Gasteiger partial charge in [0.1, 0.15) is 12.4 Å². The quantitative estimate of drug-likeness (QED) is 0.445. The van der Waals surface area contributed by atoms with Gasteiger partial charge in [-0.2, -0.15) is 5.10 Å². The summed E-state index contributed by atoms with van der Waals surface area (Å²) in [5.74, 6) is 1.75. The third-order valence-electron chi connectivity index (χ3n) is 5.27. The van der Waals surface area contributed by atoms with Crippen LogP contribution in [0.3, 0.4) is 0 Å². The van der Waals surface area contributed by atoms with Crippen molar-refractivity contribution >= 4 is 5.96 Å². The van der Waals surface area contributed by atoms with Crippen molar-refractivity contribution in [3.05, 3.63) is 71.1 Å². The first kappa shape index (κ1) is 21.6. The molecule has 0 fully saturated rings. The van der Waals surface area contributed by atoms with Crippen molar-refractivity contribution in [3.8, 4) is 0 Å². The van der Waals surface area contributed by atoms with E-state index in [-0.39, 0.29) is 6.04 Å². The maximum Gasteiger partial charge on any atom is 0.191 e. The number of nitrogens with zero attached hydrogens (tertiary/aromatic N) is 5. The Kier molecular flexibility index (Phi) is 7.27. The van der Waals surface area contributed by atoms with Crippen molar-refractivity contribution < 1.29 is 0 Å². The van der Waals surface area contributed by atoms with E-state index in [0.717, 1.165) is 37.0 Å². The van der Waals surface area contributed by atoms with Crippen LogP contribution in [0.15, 0.2) is 47.7 Å². The van der Waals surface area contributed by atoms with Gasteiger partial charge >= 0.3 is 0 Å². The molecule has 7 heteroatoms. The number of rotatable bonds is 8. The average molecular weight is 408 g/mol. The Morgan fingerprint density at radius 1 is 1.20 bits per heavy atom. The number of aromatic nitrogens is 4. The molecule has 3 aromatic rings. The van der Waals surface area contributed by atoms with Crippen LogP contribution in [0.2, 0.25) is 0 Å². The number of nitrogens with one attached hydrogen (secondary N) is 2. The Bertz CT molecular complexity index is 969. The molecule has 2 heterocycles. The van der Waals surface area contributed by atoms with E-state index in [1.807, 2.05) is 30.2 Å². The molecule has 2 aromatic heterocycles. The summed E-state index contributed by atoms with van der Waals surface area (Å²) in [6.45, 7) is 10.6. The first-order chi connectivity index (χ1) is 14.5. The topological polar surface area (TPSA) is 72.1 Å². The predicted molar refractivity (Wildman–Crippen MR) is 122 cm³/mol. The molecule has 1 atom stereocenters. The predicted octanol–water partition coefficient (Wildman–Crippen LogP) is 2.97. The molecular weight excluding hydrogens is 374 g/mol. The number of guanidine groups is 1. The highest BCUT2D eigenvalue weighted by Crippen LogP contribution is 2.14. The second kappa shape index (κ2) is 10.1. The van der Waals surface area contributed by atoms with E-state index in [1.54, 1.807) is 0 Å². The monoisotopic (exact) mass is 407 g/mol. The zero-order valence-electron chi connectivity index (χ0n) is 18.7. The molecule has 0 radical (unpaired) electrons. The van der Waals surface area contributed by atoms with Crippen molar-refractivity contribution in [1.82, 2.24) is 30.0 Å². The number of benzene rings is 1. The molecule has 7 nitrogen and oxygen atoms in total. The lowest BCUT2D eigenvalue weighted by Crippen LogP contribution is -2.43. The molecule has 2 N–H and O–H groups in total. The van der Waals surface area contributed by atoms with Crippen LogP contribution in [-0.2, 0) is 26.6 Å². The fourth-order valence-electron chi connectivity index (χ4n) is 3.59. The molecular formula is C23H33N7. The summed E-state index contributed by atoms with van der Waals surface area (Å²) in [6.07, 6.45) is 4.75. The number of imidazole rings is 1. The number of hydrogen-bond donors (Lipinski definition) is 2. The van der Waals surface area contributed by atoms with E-state index in [2.05, 4.69) is 77.2 Å². The van der Waals surface area contributed by atoms with Crippen LogP contribution >= 0.6 is 0 Å². The highest BCUT2D eigenvalue weighted by molar-refractivity contribution is 5.80. The number of aryl methyl sites for hydroxylation is 2. The summed E-state index contributed by atoms with van der Waals surface area (Å²) >= 11 is 0. The summed E-state index contributed by atoms with van der Waals surface area (Å²) in [5, 5.41) is 11.4. The number of hydrogen-bond acceptors (Lipinski definition) is 3. The molecule has 0 amide bonds.